The third kappa shape index (κ3) is 2.20. The van der Waals surface area contributed by atoms with Crippen molar-refractivity contribution < 1.29 is 4.79 Å². The topological polar surface area (TPSA) is 32.3 Å². The van der Waals surface area contributed by atoms with E-state index in [1.807, 2.05) is 14.1 Å². The van der Waals surface area contributed by atoms with Gasteiger partial charge in [0.1, 0.15) is 0 Å². The fourth-order valence-electron chi connectivity index (χ4n) is 2.40. The number of benzene rings is 1. The van der Waals surface area contributed by atoms with Gasteiger partial charge in [-0.25, -0.2) is 5.01 Å². The highest BCUT2D eigenvalue weighted by molar-refractivity contribution is 5.91. The average Bonchev–Trinajstić information content (AvgIpc) is 2.97. The Labute approximate surface area is 103 Å². The lowest BCUT2D eigenvalue weighted by atomic mass is 9.90. The summed E-state index contributed by atoms with van der Waals surface area (Å²) in [5.41, 5.74) is 6.25. The van der Waals surface area contributed by atoms with Crippen LogP contribution in [0.5, 0.6) is 0 Å². The minimum atomic E-state index is -0.276. The summed E-state index contributed by atoms with van der Waals surface area (Å²) in [6.45, 7) is 4.17. The van der Waals surface area contributed by atoms with Crippen molar-refractivity contribution in [2.75, 3.05) is 14.1 Å². The van der Waals surface area contributed by atoms with Gasteiger partial charge in [-0.05, 0) is 37.8 Å². The molecule has 0 spiro atoms. The second kappa shape index (κ2) is 4.15. The first-order valence-electron chi connectivity index (χ1n) is 6.02. The lowest BCUT2D eigenvalue weighted by molar-refractivity contribution is -0.127. The molecule has 17 heavy (non-hydrogen) atoms. The zero-order valence-corrected chi connectivity index (χ0v) is 11.0. The number of nitrogens with zero attached hydrogens (tertiary/aromatic N) is 1. The molecule has 0 unspecified atom stereocenters. The maximum absolute atomic E-state index is 12.2. The number of nitrogens with one attached hydrogen (secondary N) is 1. The molecule has 1 aliphatic rings. The smallest absolute Gasteiger partial charge is 0.244 e. The lowest BCUT2D eigenvalue weighted by Gasteiger charge is -2.21. The van der Waals surface area contributed by atoms with Gasteiger partial charge in [0.05, 0.1) is 5.41 Å². The molecular weight excluding hydrogens is 212 g/mol. The summed E-state index contributed by atoms with van der Waals surface area (Å²) in [5.74, 6) is 0.120. The minimum absolute atomic E-state index is 0.120. The Balaban J connectivity index is 2.29. The van der Waals surface area contributed by atoms with Gasteiger partial charge in [0.2, 0.25) is 5.91 Å². The number of hydrogen-bond acceptors (Lipinski definition) is 2. The second-order valence-corrected chi connectivity index (χ2v) is 5.24. The average molecular weight is 232 g/mol. The van der Waals surface area contributed by atoms with Gasteiger partial charge >= 0.3 is 0 Å². The van der Waals surface area contributed by atoms with E-state index in [9.17, 15) is 4.79 Å². The van der Waals surface area contributed by atoms with Crippen LogP contribution in [0.25, 0.3) is 0 Å². The molecule has 0 saturated heterocycles. The summed E-state index contributed by atoms with van der Waals surface area (Å²) in [6, 6.07) is 6.34. The summed E-state index contributed by atoms with van der Waals surface area (Å²) in [7, 11) is 3.69. The fourth-order valence-corrected chi connectivity index (χ4v) is 2.40. The summed E-state index contributed by atoms with van der Waals surface area (Å²) in [5, 5.41) is 1.71. The summed E-state index contributed by atoms with van der Waals surface area (Å²) >= 11 is 0. The summed E-state index contributed by atoms with van der Waals surface area (Å²) in [4.78, 5) is 12.2. The van der Waals surface area contributed by atoms with Crippen LogP contribution in [0.3, 0.4) is 0 Å². The molecule has 1 fully saturated rings. The standard InChI is InChI=1S/C14H20N2O/c1-10-5-6-12(11(2)9-10)14(7-8-14)13(17)15-16(3)4/h5-6,9H,7-8H2,1-4H3,(H,15,17). The van der Waals surface area contributed by atoms with E-state index in [4.69, 9.17) is 0 Å². The Kier molecular flexibility index (Phi) is 2.96. The van der Waals surface area contributed by atoms with Gasteiger partial charge in [0.15, 0.2) is 0 Å². The predicted octanol–water partition coefficient (Wildman–Crippen LogP) is 1.93. The zero-order valence-electron chi connectivity index (χ0n) is 11.0. The summed E-state index contributed by atoms with van der Waals surface area (Å²) < 4.78 is 0. The Bertz CT molecular complexity index is 448. The van der Waals surface area contributed by atoms with Crippen molar-refractivity contribution in [3.05, 3.63) is 34.9 Å². The largest absolute Gasteiger partial charge is 0.289 e. The maximum atomic E-state index is 12.2. The molecule has 2 rings (SSSR count). The molecule has 0 heterocycles. The van der Waals surface area contributed by atoms with Crippen molar-refractivity contribution in [2.45, 2.75) is 32.1 Å². The van der Waals surface area contributed by atoms with Crippen molar-refractivity contribution in [3.8, 4) is 0 Å². The van der Waals surface area contributed by atoms with Gasteiger partial charge in [-0.15, -0.1) is 0 Å². The van der Waals surface area contributed by atoms with Crippen LogP contribution in [0.2, 0.25) is 0 Å². The fraction of sp³-hybridized carbons (Fsp3) is 0.500. The van der Waals surface area contributed by atoms with Crippen LogP contribution in [-0.4, -0.2) is 25.0 Å². The van der Waals surface area contributed by atoms with Crippen LogP contribution < -0.4 is 5.43 Å². The van der Waals surface area contributed by atoms with Crippen LogP contribution in [0.1, 0.15) is 29.5 Å². The molecule has 1 aromatic carbocycles. The summed E-state index contributed by atoms with van der Waals surface area (Å²) in [6.07, 6.45) is 1.91. The van der Waals surface area contributed by atoms with E-state index in [0.717, 1.165) is 12.8 Å². The van der Waals surface area contributed by atoms with E-state index in [1.165, 1.54) is 16.7 Å². The Morgan fingerprint density at radius 2 is 1.94 bits per heavy atom. The van der Waals surface area contributed by atoms with Gasteiger partial charge in [0, 0.05) is 14.1 Å². The first kappa shape index (κ1) is 12.1. The number of carbonyl (C=O) groups is 1. The van der Waals surface area contributed by atoms with Gasteiger partial charge in [-0.1, -0.05) is 23.8 Å². The SMILES string of the molecule is Cc1ccc(C2(C(=O)NN(C)C)CC2)c(C)c1. The molecule has 3 heteroatoms. The van der Waals surface area contributed by atoms with E-state index >= 15 is 0 Å². The molecule has 1 aromatic rings. The molecule has 0 atom stereocenters. The molecule has 0 aromatic heterocycles. The molecule has 0 aliphatic heterocycles. The van der Waals surface area contributed by atoms with Gasteiger partial charge < -0.3 is 0 Å². The molecule has 1 amide bonds. The molecule has 1 aliphatic carbocycles. The first-order chi connectivity index (χ1) is 7.95. The second-order valence-electron chi connectivity index (χ2n) is 5.24. The van der Waals surface area contributed by atoms with Crippen molar-refractivity contribution >= 4 is 5.91 Å². The number of rotatable bonds is 3. The first-order valence-corrected chi connectivity index (χ1v) is 6.02. The van der Waals surface area contributed by atoms with Gasteiger partial charge in [0.25, 0.3) is 0 Å². The molecule has 1 saturated carbocycles. The van der Waals surface area contributed by atoms with Crippen LogP contribution in [0, 0.1) is 13.8 Å². The van der Waals surface area contributed by atoms with Gasteiger partial charge in [-0.3, -0.25) is 10.2 Å². The highest BCUT2D eigenvalue weighted by atomic mass is 16.2. The van der Waals surface area contributed by atoms with Crippen LogP contribution >= 0.6 is 0 Å². The minimum Gasteiger partial charge on any atom is -0.289 e. The van der Waals surface area contributed by atoms with E-state index < -0.39 is 0 Å². The Hall–Kier alpha value is -1.35. The molecule has 3 nitrogen and oxygen atoms in total. The number of aryl methyl sites for hydroxylation is 2. The van der Waals surface area contributed by atoms with Gasteiger partial charge in [-0.2, -0.15) is 0 Å². The number of amides is 1. The van der Waals surface area contributed by atoms with Crippen molar-refractivity contribution in [1.29, 1.82) is 0 Å². The van der Waals surface area contributed by atoms with Crippen LogP contribution in [0.15, 0.2) is 18.2 Å². The van der Waals surface area contributed by atoms with E-state index in [-0.39, 0.29) is 11.3 Å². The predicted molar refractivity (Wildman–Crippen MR) is 68.7 cm³/mol. The molecular formula is C14H20N2O. The molecule has 0 radical (unpaired) electrons. The van der Waals surface area contributed by atoms with E-state index in [1.54, 1.807) is 5.01 Å². The molecule has 0 bridgehead atoms. The highest BCUT2D eigenvalue weighted by Gasteiger charge is 2.52. The van der Waals surface area contributed by atoms with Crippen LogP contribution in [0.4, 0.5) is 0 Å². The van der Waals surface area contributed by atoms with Crippen molar-refractivity contribution in [1.82, 2.24) is 10.4 Å². The highest BCUT2D eigenvalue weighted by Crippen LogP contribution is 2.49. The number of hydrogen-bond donors (Lipinski definition) is 1. The maximum Gasteiger partial charge on any atom is 0.244 e. The number of carbonyl (C=O) groups excluding carboxylic acids is 1. The Morgan fingerprint density at radius 1 is 1.29 bits per heavy atom. The Morgan fingerprint density at radius 3 is 2.41 bits per heavy atom. The van der Waals surface area contributed by atoms with E-state index in [0.29, 0.717) is 0 Å². The quantitative estimate of drug-likeness (QED) is 0.808. The molecule has 92 valence electrons. The normalized spacial score (nSPS) is 17.0. The monoisotopic (exact) mass is 232 g/mol. The number of hydrazine groups is 1. The lowest BCUT2D eigenvalue weighted by Crippen LogP contribution is -2.43. The van der Waals surface area contributed by atoms with Crippen molar-refractivity contribution in [3.63, 3.8) is 0 Å². The van der Waals surface area contributed by atoms with Crippen molar-refractivity contribution in [2.24, 2.45) is 0 Å². The zero-order chi connectivity index (χ0) is 12.6. The van der Waals surface area contributed by atoms with Crippen LogP contribution in [-0.2, 0) is 10.2 Å². The third-order valence-corrected chi connectivity index (χ3v) is 3.41. The molecule has 1 N–H and O–H groups in total. The van der Waals surface area contributed by atoms with E-state index in [2.05, 4.69) is 37.5 Å². The third-order valence-electron chi connectivity index (χ3n) is 3.41.